The molecule has 0 bridgehead atoms. The summed E-state index contributed by atoms with van der Waals surface area (Å²) in [4.78, 5) is 27.8. The second-order valence-electron chi connectivity index (χ2n) is 6.54. The standard InChI is InChI=1S/C17H20N6O2/c24-15(22-10-4-7-14(22)17(25)18-13-8-9-13)11-23-20-16(19-21-23)12-5-2-1-3-6-12/h1-3,5-6,13-14H,4,7-11H2,(H,18,25). The van der Waals surface area contributed by atoms with Crippen molar-refractivity contribution in [2.24, 2.45) is 0 Å². The molecular formula is C17H20N6O2. The zero-order chi connectivity index (χ0) is 17.2. The SMILES string of the molecule is O=C(NC1CC1)C1CCCN1C(=O)Cn1nnc(-c2ccccc2)n1. The molecule has 1 aromatic heterocycles. The Bertz CT molecular complexity index is 770. The quantitative estimate of drug-likeness (QED) is 0.861. The summed E-state index contributed by atoms with van der Waals surface area (Å²) in [6, 6.07) is 9.42. The maximum atomic E-state index is 12.6. The van der Waals surface area contributed by atoms with Gasteiger partial charge in [-0.05, 0) is 30.9 Å². The van der Waals surface area contributed by atoms with Gasteiger partial charge in [0.2, 0.25) is 17.6 Å². The molecule has 0 radical (unpaired) electrons. The summed E-state index contributed by atoms with van der Waals surface area (Å²) in [6.45, 7) is 0.592. The molecule has 1 N–H and O–H groups in total. The minimum absolute atomic E-state index is 0.00690. The molecule has 8 nitrogen and oxygen atoms in total. The molecule has 1 saturated carbocycles. The molecule has 1 unspecified atom stereocenters. The van der Waals surface area contributed by atoms with Gasteiger partial charge in [-0.15, -0.1) is 10.2 Å². The van der Waals surface area contributed by atoms with E-state index in [1.54, 1.807) is 4.90 Å². The Labute approximate surface area is 145 Å². The number of likely N-dealkylation sites (tertiary alicyclic amines) is 1. The van der Waals surface area contributed by atoms with Crippen LogP contribution in [0.1, 0.15) is 25.7 Å². The number of carbonyl (C=O) groups is 2. The fourth-order valence-corrected chi connectivity index (χ4v) is 3.09. The Hall–Kier alpha value is -2.77. The Morgan fingerprint density at radius 2 is 1.96 bits per heavy atom. The van der Waals surface area contributed by atoms with Crippen molar-refractivity contribution < 1.29 is 9.59 Å². The summed E-state index contributed by atoms with van der Waals surface area (Å²) >= 11 is 0. The van der Waals surface area contributed by atoms with Gasteiger partial charge in [-0.3, -0.25) is 9.59 Å². The molecule has 1 atom stereocenters. The van der Waals surface area contributed by atoms with Crippen molar-refractivity contribution in [3.8, 4) is 11.4 Å². The largest absolute Gasteiger partial charge is 0.352 e. The van der Waals surface area contributed by atoms with Crippen molar-refractivity contribution in [2.75, 3.05) is 6.54 Å². The van der Waals surface area contributed by atoms with E-state index in [2.05, 4.69) is 20.7 Å². The molecule has 2 aromatic rings. The molecular weight excluding hydrogens is 320 g/mol. The van der Waals surface area contributed by atoms with Gasteiger partial charge in [0.15, 0.2) is 0 Å². The summed E-state index contributed by atoms with van der Waals surface area (Å²) in [5.41, 5.74) is 0.851. The molecule has 1 aliphatic carbocycles. The number of benzene rings is 1. The van der Waals surface area contributed by atoms with Gasteiger partial charge in [-0.1, -0.05) is 30.3 Å². The molecule has 2 heterocycles. The summed E-state index contributed by atoms with van der Waals surface area (Å²) in [5, 5.41) is 15.2. The van der Waals surface area contributed by atoms with E-state index in [0.717, 1.165) is 24.8 Å². The molecule has 8 heteroatoms. The third-order valence-electron chi connectivity index (χ3n) is 4.56. The van der Waals surface area contributed by atoms with E-state index in [4.69, 9.17) is 0 Å². The number of nitrogens with one attached hydrogen (secondary N) is 1. The van der Waals surface area contributed by atoms with E-state index in [0.29, 0.717) is 24.8 Å². The third kappa shape index (κ3) is 3.52. The Morgan fingerprint density at radius 3 is 2.72 bits per heavy atom. The van der Waals surface area contributed by atoms with Crippen LogP contribution in [0.15, 0.2) is 30.3 Å². The first-order valence-electron chi connectivity index (χ1n) is 8.64. The fourth-order valence-electron chi connectivity index (χ4n) is 3.09. The van der Waals surface area contributed by atoms with Gasteiger partial charge in [0.25, 0.3) is 0 Å². The van der Waals surface area contributed by atoms with Crippen molar-refractivity contribution in [1.82, 2.24) is 30.4 Å². The van der Waals surface area contributed by atoms with Crippen LogP contribution in [0.5, 0.6) is 0 Å². The molecule has 25 heavy (non-hydrogen) atoms. The van der Waals surface area contributed by atoms with Crippen LogP contribution in [0.25, 0.3) is 11.4 Å². The molecule has 1 saturated heterocycles. The topological polar surface area (TPSA) is 93.0 Å². The van der Waals surface area contributed by atoms with Gasteiger partial charge in [-0.25, -0.2) is 0 Å². The van der Waals surface area contributed by atoms with Crippen LogP contribution in [-0.4, -0.2) is 55.5 Å². The highest BCUT2D eigenvalue weighted by molar-refractivity contribution is 5.88. The van der Waals surface area contributed by atoms with Crippen LogP contribution in [0.2, 0.25) is 0 Å². The van der Waals surface area contributed by atoms with E-state index in [1.807, 2.05) is 30.3 Å². The smallest absolute Gasteiger partial charge is 0.246 e. The van der Waals surface area contributed by atoms with Crippen LogP contribution in [0.3, 0.4) is 0 Å². The fraction of sp³-hybridized carbons (Fsp3) is 0.471. The average Bonchev–Trinajstić information content (AvgIpc) is 3.13. The first-order valence-corrected chi connectivity index (χ1v) is 8.64. The first kappa shape index (κ1) is 15.7. The molecule has 2 aliphatic rings. The number of nitrogens with zero attached hydrogens (tertiary/aromatic N) is 5. The maximum absolute atomic E-state index is 12.6. The van der Waals surface area contributed by atoms with Crippen LogP contribution in [-0.2, 0) is 16.1 Å². The first-order chi connectivity index (χ1) is 12.2. The summed E-state index contributed by atoms with van der Waals surface area (Å²) in [6.07, 6.45) is 3.63. The Morgan fingerprint density at radius 1 is 1.16 bits per heavy atom. The minimum Gasteiger partial charge on any atom is -0.352 e. The van der Waals surface area contributed by atoms with Crippen LogP contribution < -0.4 is 5.32 Å². The average molecular weight is 340 g/mol. The van der Waals surface area contributed by atoms with E-state index in [1.165, 1.54) is 4.80 Å². The van der Waals surface area contributed by atoms with Crippen molar-refractivity contribution in [3.63, 3.8) is 0 Å². The van der Waals surface area contributed by atoms with E-state index in [9.17, 15) is 9.59 Å². The molecule has 1 aliphatic heterocycles. The monoisotopic (exact) mass is 340 g/mol. The maximum Gasteiger partial charge on any atom is 0.246 e. The van der Waals surface area contributed by atoms with Crippen LogP contribution in [0.4, 0.5) is 0 Å². The minimum atomic E-state index is -0.370. The van der Waals surface area contributed by atoms with Gasteiger partial charge in [0.1, 0.15) is 12.6 Å². The molecule has 0 spiro atoms. The van der Waals surface area contributed by atoms with Crippen LogP contribution >= 0.6 is 0 Å². The number of rotatable bonds is 5. The van der Waals surface area contributed by atoms with Gasteiger partial charge < -0.3 is 10.2 Å². The predicted molar refractivity (Wildman–Crippen MR) is 89.2 cm³/mol. The van der Waals surface area contributed by atoms with E-state index < -0.39 is 0 Å². The normalized spacial score (nSPS) is 19.8. The number of hydrogen-bond donors (Lipinski definition) is 1. The lowest BCUT2D eigenvalue weighted by molar-refractivity contribution is -0.139. The molecule has 130 valence electrons. The molecule has 1 aromatic carbocycles. The number of amides is 2. The van der Waals surface area contributed by atoms with Gasteiger partial charge in [0.05, 0.1) is 0 Å². The van der Waals surface area contributed by atoms with Crippen molar-refractivity contribution >= 4 is 11.8 Å². The lowest BCUT2D eigenvalue weighted by Crippen LogP contribution is -2.47. The van der Waals surface area contributed by atoms with Gasteiger partial charge in [0, 0.05) is 18.2 Å². The zero-order valence-electron chi connectivity index (χ0n) is 13.8. The predicted octanol–water partition coefficient (Wildman–Crippen LogP) is 0.610. The zero-order valence-corrected chi connectivity index (χ0v) is 13.8. The highest BCUT2D eigenvalue weighted by atomic mass is 16.2. The van der Waals surface area contributed by atoms with Gasteiger partial charge >= 0.3 is 0 Å². The second-order valence-corrected chi connectivity index (χ2v) is 6.54. The highest BCUT2D eigenvalue weighted by Gasteiger charge is 2.36. The summed E-state index contributed by atoms with van der Waals surface area (Å²) in [5.74, 6) is 0.299. The molecule has 4 rings (SSSR count). The third-order valence-corrected chi connectivity index (χ3v) is 4.56. The van der Waals surface area contributed by atoms with E-state index >= 15 is 0 Å². The Kier molecular flexibility index (Phi) is 4.17. The highest BCUT2D eigenvalue weighted by Crippen LogP contribution is 2.22. The Balaban J connectivity index is 1.41. The number of carbonyl (C=O) groups excluding carboxylic acids is 2. The number of aromatic nitrogens is 4. The van der Waals surface area contributed by atoms with Crippen molar-refractivity contribution in [1.29, 1.82) is 0 Å². The van der Waals surface area contributed by atoms with Crippen LogP contribution in [0, 0.1) is 0 Å². The summed E-state index contributed by atoms with van der Waals surface area (Å²) in [7, 11) is 0. The molecule has 2 fully saturated rings. The van der Waals surface area contributed by atoms with E-state index in [-0.39, 0.29) is 24.4 Å². The lowest BCUT2D eigenvalue weighted by Gasteiger charge is -2.23. The summed E-state index contributed by atoms with van der Waals surface area (Å²) < 4.78 is 0. The van der Waals surface area contributed by atoms with Crippen molar-refractivity contribution in [2.45, 2.75) is 44.3 Å². The molecule has 2 amide bonds. The van der Waals surface area contributed by atoms with Gasteiger partial charge in [-0.2, -0.15) is 4.80 Å². The van der Waals surface area contributed by atoms with Crippen molar-refractivity contribution in [3.05, 3.63) is 30.3 Å². The second kappa shape index (κ2) is 6.62. The lowest BCUT2D eigenvalue weighted by atomic mass is 10.2. The number of hydrogen-bond acceptors (Lipinski definition) is 5. The number of tetrazole rings is 1.